The highest BCUT2D eigenvalue weighted by molar-refractivity contribution is 6.05. The number of nitrogens with zero attached hydrogens (tertiary/aromatic N) is 3. The van der Waals surface area contributed by atoms with Crippen LogP contribution in [-0.4, -0.2) is 10.9 Å². The molecule has 1 N–H and O–H groups in total. The van der Waals surface area contributed by atoms with Crippen LogP contribution in [0.4, 0.5) is 30.2 Å². The van der Waals surface area contributed by atoms with Crippen molar-refractivity contribution in [2.75, 3.05) is 5.32 Å². The summed E-state index contributed by atoms with van der Waals surface area (Å²) in [5.74, 6) is -0.544. The number of pyridine rings is 1. The van der Waals surface area contributed by atoms with Gasteiger partial charge in [0.15, 0.2) is 0 Å². The predicted octanol–water partition coefficient (Wildman–Crippen LogP) is 6.08. The van der Waals surface area contributed by atoms with Crippen LogP contribution in [0.3, 0.4) is 0 Å². The molecule has 0 saturated carbocycles. The molecule has 0 atom stereocenters. The van der Waals surface area contributed by atoms with Crippen LogP contribution in [0.2, 0.25) is 0 Å². The Kier molecular flexibility index (Phi) is 5.49. The summed E-state index contributed by atoms with van der Waals surface area (Å²) in [4.78, 5) is 15.8. The fourth-order valence-corrected chi connectivity index (χ4v) is 2.38. The minimum absolute atomic E-state index is 0.000561. The first-order chi connectivity index (χ1) is 13.3. The molecule has 0 bridgehead atoms. The number of nitrogens with one attached hydrogen (secondary N) is 1. The third-order valence-corrected chi connectivity index (χ3v) is 3.78. The fraction of sp³-hybridized carbons (Fsp3) is 0.100. The van der Waals surface area contributed by atoms with Crippen molar-refractivity contribution < 1.29 is 18.0 Å². The molecular weight excluding hydrogens is 369 g/mol. The molecule has 0 aliphatic rings. The number of halogens is 3. The number of aryl methyl sites for hydroxylation is 1. The molecule has 3 aromatic rings. The van der Waals surface area contributed by atoms with E-state index < -0.39 is 17.8 Å². The number of alkyl halides is 3. The zero-order valence-electron chi connectivity index (χ0n) is 14.7. The number of anilines is 1. The van der Waals surface area contributed by atoms with Gasteiger partial charge in [0.1, 0.15) is 5.69 Å². The monoisotopic (exact) mass is 384 g/mol. The Morgan fingerprint density at radius 3 is 2.07 bits per heavy atom. The average molecular weight is 384 g/mol. The second kappa shape index (κ2) is 7.99. The van der Waals surface area contributed by atoms with Crippen molar-refractivity contribution in [2.45, 2.75) is 13.1 Å². The van der Waals surface area contributed by atoms with Crippen LogP contribution in [0, 0.1) is 6.92 Å². The summed E-state index contributed by atoms with van der Waals surface area (Å²) in [6.07, 6.45) is -4.55. The second-order valence-electron chi connectivity index (χ2n) is 5.86. The third-order valence-electron chi connectivity index (χ3n) is 3.78. The SMILES string of the molecule is Cc1nc(C(F)(F)F)ccc1C(=O)Nc1ccc(N=Nc2ccccc2)cc1. The molecule has 5 nitrogen and oxygen atoms in total. The number of hydrogen-bond donors (Lipinski definition) is 1. The summed E-state index contributed by atoms with van der Waals surface area (Å²) in [6.45, 7) is 1.36. The summed E-state index contributed by atoms with van der Waals surface area (Å²) in [6, 6.07) is 17.7. The van der Waals surface area contributed by atoms with Gasteiger partial charge in [-0.2, -0.15) is 23.4 Å². The predicted molar refractivity (Wildman–Crippen MR) is 99.0 cm³/mol. The van der Waals surface area contributed by atoms with Gasteiger partial charge in [-0.3, -0.25) is 4.79 Å². The number of carbonyl (C=O) groups excluding carboxylic acids is 1. The summed E-state index contributed by atoms with van der Waals surface area (Å²) in [5, 5.41) is 10.8. The fourth-order valence-electron chi connectivity index (χ4n) is 2.38. The van der Waals surface area contributed by atoms with Crippen LogP contribution in [0.1, 0.15) is 21.7 Å². The molecular formula is C20H15F3N4O. The van der Waals surface area contributed by atoms with E-state index in [0.29, 0.717) is 17.1 Å². The Hall–Kier alpha value is -3.55. The van der Waals surface area contributed by atoms with Crippen molar-refractivity contribution >= 4 is 23.0 Å². The number of amides is 1. The summed E-state index contributed by atoms with van der Waals surface area (Å²) in [7, 11) is 0. The minimum Gasteiger partial charge on any atom is -0.322 e. The van der Waals surface area contributed by atoms with E-state index in [1.807, 2.05) is 30.3 Å². The zero-order valence-corrected chi connectivity index (χ0v) is 14.7. The topological polar surface area (TPSA) is 66.7 Å². The first kappa shape index (κ1) is 19.2. The smallest absolute Gasteiger partial charge is 0.322 e. The minimum atomic E-state index is -4.55. The summed E-state index contributed by atoms with van der Waals surface area (Å²) < 4.78 is 38.0. The standard InChI is InChI=1S/C20H15F3N4O/c1-13-17(11-12-18(24-13)20(21,22)23)19(28)25-14-7-9-16(10-8-14)27-26-15-5-3-2-4-6-15/h2-12H,1H3,(H,25,28). The maximum absolute atomic E-state index is 12.7. The van der Waals surface area contributed by atoms with Crippen LogP contribution in [0.15, 0.2) is 77.0 Å². The third kappa shape index (κ3) is 4.79. The van der Waals surface area contributed by atoms with E-state index in [2.05, 4.69) is 20.5 Å². The van der Waals surface area contributed by atoms with Gasteiger partial charge < -0.3 is 5.32 Å². The molecule has 1 amide bonds. The van der Waals surface area contributed by atoms with Crippen molar-refractivity contribution in [3.63, 3.8) is 0 Å². The Morgan fingerprint density at radius 1 is 0.893 bits per heavy atom. The number of carbonyl (C=O) groups is 1. The van der Waals surface area contributed by atoms with Crippen LogP contribution < -0.4 is 5.32 Å². The Labute approximate surface area is 159 Å². The molecule has 0 saturated heterocycles. The lowest BCUT2D eigenvalue weighted by Gasteiger charge is -2.10. The van der Waals surface area contributed by atoms with Crippen LogP contribution in [0.5, 0.6) is 0 Å². The van der Waals surface area contributed by atoms with E-state index in [9.17, 15) is 18.0 Å². The van der Waals surface area contributed by atoms with Gasteiger partial charge in [0, 0.05) is 5.69 Å². The lowest BCUT2D eigenvalue weighted by Crippen LogP contribution is -2.16. The molecule has 0 aliphatic heterocycles. The molecule has 0 unspecified atom stereocenters. The Balaban J connectivity index is 1.69. The van der Waals surface area contributed by atoms with Crippen molar-refractivity contribution in [1.29, 1.82) is 0 Å². The normalized spacial score (nSPS) is 11.6. The number of rotatable bonds is 4. The van der Waals surface area contributed by atoms with Gasteiger partial charge in [-0.15, -0.1) is 0 Å². The molecule has 0 radical (unpaired) electrons. The van der Waals surface area contributed by atoms with Gasteiger partial charge >= 0.3 is 6.18 Å². The van der Waals surface area contributed by atoms with Crippen LogP contribution in [0.25, 0.3) is 0 Å². The molecule has 142 valence electrons. The number of benzene rings is 2. The van der Waals surface area contributed by atoms with E-state index in [0.717, 1.165) is 12.1 Å². The van der Waals surface area contributed by atoms with Crippen molar-refractivity contribution in [3.05, 3.63) is 83.7 Å². The molecule has 0 fully saturated rings. The number of aromatic nitrogens is 1. The molecule has 8 heteroatoms. The van der Waals surface area contributed by atoms with Crippen LogP contribution in [-0.2, 0) is 6.18 Å². The van der Waals surface area contributed by atoms with Crippen molar-refractivity contribution in [1.82, 2.24) is 4.98 Å². The van der Waals surface area contributed by atoms with Gasteiger partial charge in [0.2, 0.25) is 0 Å². The lowest BCUT2D eigenvalue weighted by atomic mass is 10.1. The van der Waals surface area contributed by atoms with E-state index >= 15 is 0 Å². The highest BCUT2D eigenvalue weighted by atomic mass is 19.4. The van der Waals surface area contributed by atoms with Gasteiger partial charge in [0.05, 0.1) is 22.6 Å². The quantitative estimate of drug-likeness (QED) is 0.554. The van der Waals surface area contributed by atoms with E-state index in [1.54, 1.807) is 24.3 Å². The highest BCUT2D eigenvalue weighted by Crippen LogP contribution is 2.28. The summed E-state index contributed by atoms with van der Waals surface area (Å²) >= 11 is 0. The van der Waals surface area contributed by atoms with Crippen molar-refractivity contribution in [3.8, 4) is 0 Å². The number of hydrogen-bond acceptors (Lipinski definition) is 4. The van der Waals surface area contributed by atoms with Crippen LogP contribution >= 0.6 is 0 Å². The molecule has 2 aromatic carbocycles. The second-order valence-corrected chi connectivity index (χ2v) is 5.86. The van der Waals surface area contributed by atoms with E-state index in [1.165, 1.54) is 6.92 Å². The van der Waals surface area contributed by atoms with Gasteiger partial charge in [0.25, 0.3) is 5.91 Å². The van der Waals surface area contributed by atoms with E-state index in [-0.39, 0.29) is 11.3 Å². The first-order valence-corrected chi connectivity index (χ1v) is 8.26. The molecule has 1 aromatic heterocycles. The van der Waals surface area contributed by atoms with Gasteiger partial charge in [-0.1, -0.05) is 18.2 Å². The zero-order chi connectivity index (χ0) is 20.1. The molecule has 3 rings (SSSR count). The van der Waals surface area contributed by atoms with Gasteiger partial charge in [-0.05, 0) is 55.5 Å². The Morgan fingerprint density at radius 2 is 1.50 bits per heavy atom. The van der Waals surface area contributed by atoms with Crippen molar-refractivity contribution in [2.24, 2.45) is 10.2 Å². The highest BCUT2D eigenvalue weighted by Gasteiger charge is 2.33. The summed E-state index contributed by atoms with van der Waals surface area (Å²) in [5.41, 5.74) is 0.818. The number of azo groups is 1. The maximum Gasteiger partial charge on any atom is 0.433 e. The molecule has 28 heavy (non-hydrogen) atoms. The molecule has 0 spiro atoms. The largest absolute Gasteiger partial charge is 0.433 e. The Bertz CT molecular complexity index is 1000. The molecule has 1 heterocycles. The van der Waals surface area contributed by atoms with Gasteiger partial charge in [-0.25, -0.2) is 4.98 Å². The molecule has 0 aliphatic carbocycles. The first-order valence-electron chi connectivity index (χ1n) is 8.26. The average Bonchev–Trinajstić information content (AvgIpc) is 2.67. The lowest BCUT2D eigenvalue weighted by molar-refractivity contribution is -0.141. The maximum atomic E-state index is 12.7. The van der Waals surface area contributed by atoms with E-state index in [4.69, 9.17) is 0 Å².